The lowest BCUT2D eigenvalue weighted by Crippen LogP contribution is -2.49. The normalized spacial score (nSPS) is 21.7. The third-order valence-electron chi connectivity index (χ3n) is 3.10. The first-order valence-electron chi connectivity index (χ1n) is 6.42. The van der Waals surface area contributed by atoms with Crippen molar-refractivity contribution < 1.29 is 23.1 Å². The zero-order valence-corrected chi connectivity index (χ0v) is 12.2. The fraction of sp³-hybridized carbons (Fsp3) is 0.909. The van der Waals surface area contributed by atoms with Crippen molar-refractivity contribution in [2.24, 2.45) is 0 Å². The van der Waals surface area contributed by atoms with Crippen LogP contribution >= 0.6 is 0 Å². The Balaban J connectivity index is 2.62. The number of piperidine rings is 1. The summed E-state index contributed by atoms with van der Waals surface area (Å²) in [6.07, 6.45) is 1.36. The van der Waals surface area contributed by atoms with Crippen molar-refractivity contribution in [2.75, 3.05) is 33.3 Å². The van der Waals surface area contributed by atoms with Gasteiger partial charge in [-0.25, -0.2) is 0 Å². The first-order chi connectivity index (χ1) is 8.87. The van der Waals surface area contributed by atoms with Crippen LogP contribution in [0.2, 0.25) is 0 Å². The van der Waals surface area contributed by atoms with Crippen molar-refractivity contribution in [1.29, 1.82) is 0 Å². The summed E-state index contributed by atoms with van der Waals surface area (Å²) < 4.78 is 32.4. The molecule has 112 valence electrons. The van der Waals surface area contributed by atoms with Gasteiger partial charge in [-0.15, -0.1) is 0 Å². The average molecular weight is 294 g/mol. The first kappa shape index (κ1) is 16.4. The SMILES string of the molecule is CCOC1CCCN(S(=O)(=O)N(C)CCC(=O)O)C1. The lowest BCUT2D eigenvalue weighted by Gasteiger charge is -2.34. The monoisotopic (exact) mass is 294 g/mol. The summed E-state index contributed by atoms with van der Waals surface area (Å²) in [5, 5.41) is 8.60. The number of carboxylic acids is 1. The van der Waals surface area contributed by atoms with Crippen molar-refractivity contribution in [3.8, 4) is 0 Å². The van der Waals surface area contributed by atoms with Gasteiger partial charge in [-0.2, -0.15) is 17.0 Å². The molecule has 0 amide bonds. The molecular weight excluding hydrogens is 272 g/mol. The maximum absolute atomic E-state index is 12.3. The first-order valence-corrected chi connectivity index (χ1v) is 7.82. The summed E-state index contributed by atoms with van der Waals surface area (Å²) in [7, 11) is -2.18. The fourth-order valence-electron chi connectivity index (χ4n) is 2.05. The molecule has 0 saturated carbocycles. The Morgan fingerprint density at radius 2 is 2.21 bits per heavy atom. The molecule has 0 bridgehead atoms. The number of hydrogen-bond donors (Lipinski definition) is 1. The Bertz CT molecular complexity index is 396. The van der Waals surface area contributed by atoms with Crippen LogP contribution < -0.4 is 0 Å². The standard InChI is InChI=1S/C11H22N2O5S/c1-3-18-10-5-4-7-13(9-10)19(16,17)12(2)8-6-11(14)15/h10H,3-9H2,1-2H3,(H,14,15). The van der Waals surface area contributed by atoms with E-state index in [1.807, 2.05) is 6.92 Å². The quantitative estimate of drug-likeness (QED) is 0.721. The lowest BCUT2D eigenvalue weighted by atomic mass is 10.1. The van der Waals surface area contributed by atoms with Crippen LogP contribution in [0.3, 0.4) is 0 Å². The van der Waals surface area contributed by atoms with Crippen LogP contribution in [0.15, 0.2) is 0 Å². The molecule has 1 rings (SSSR count). The smallest absolute Gasteiger partial charge is 0.304 e. The zero-order chi connectivity index (χ0) is 14.5. The highest BCUT2D eigenvalue weighted by molar-refractivity contribution is 7.86. The fourth-order valence-corrected chi connectivity index (χ4v) is 3.48. The van der Waals surface area contributed by atoms with Crippen molar-refractivity contribution in [2.45, 2.75) is 32.3 Å². The number of hydrogen-bond acceptors (Lipinski definition) is 4. The summed E-state index contributed by atoms with van der Waals surface area (Å²) in [5.41, 5.74) is 0. The molecule has 1 heterocycles. The minimum atomic E-state index is -3.59. The molecule has 8 heteroatoms. The Hall–Kier alpha value is -0.700. The predicted octanol–water partition coefficient (Wildman–Crippen LogP) is 0.139. The van der Waals surface area contributed by atoms with E-state index in [9.17, 15) is 13.2 Å². The van der Waals surface area contributed by atoms with Gasteiger partial charge in [0.2, 0.25) is 0 Å². The van der Waals surface area contributed by atoms with Gasteiger partial charge in [0, 0.05) is 33.3 Å². The van der Waals surface area contributed by atoms with Crippen LogP contribution in [0.25, 0.3) is 0 Å². The maximum atomic E-state index is 12.3. The van der Waals surface area contributed by atoms with E-state index in [-0.39, 0.29) is 19.1 Å². The van der Waals surface area contributed by atoms with Gasteiger partial charge in [-0.1, -0.05) is 0 Å². The summed E-state index contributed by atoms with van der Waals surface area (Å²) in [6, 6.07) is 0. The minimum Gasteiger partial charge on any atom is -0.481 e. The average Bonchev–Trinajstić information content (AvgIpc) is 2.36. The lowest BCUT2D eigenvalue weighted by molar-refractivity contribution is -0.137. The largest absolute Gasteiger partial charge is 0.481 e. The Kier molecular flexibility index (Phi) is 6.18. The predicted molar refractivity (Wildman–Crippen MR) is 70.0 cm³/mol. The van der Waals surface area contributed by atoms with E-state index >= 15 is 0 Å². The van der Waals surface area contributed by atoms with E-state index in [0.717, 1.165) is 17.1 Å². The third-order valence-corrected chi connectivity index (χ3v) is 5.06. The van der Waals surface area contributed by atoms with Crippen LogP contribution in [0, 0.1) is 0 Å². The van der Waals surface area contributed by atoms with Crippen LogP contribution in [0.4, 0.5) is 0 Å². The molecule has 7 nitrogen and oxygen atoms in total. The number of aliphatic carboxylic acids is 1. The molecule has 1 saturated heterocycles. The van der Waals surface area contributed by atoms with Crippen LogP contribution in [-0.4, -0.2) is 67.5 Å². The molecule has 0 aromatic rings. The highest BCUT2D eigenvalue weighted by atomic mass is 32.2. The van der Waals surface area contributed by atoms with E-state index in [4.69, 9.17) is 9.84 Å². The van der Waals surface area contributed by atoms with Gasteiger partial charge in [0.25, 0.3) is 10.2 Å². The highest BCUT2D eigenvalue weighted by Crippen LogP contribution is 2.18. The number of ether oxygens (including phenoxy) is 1. The molecule has 1 aliphatic heterocycles. The highest BCUT2D eigenvalue weighted by Gasteiger charge is 2.32. The molecular formula is C11H22N2O5S. The summed E-state index contributed by atoms with van der Waals surface area (Å²) >= 11 is 0. The van der Waals surface area contributed by atoms with Crippen molar-refractivity contribution in [3.05, 3.63) is 0 Å². The van der Waals surface area contributed by atoms with Gasteiger partial charge < -0.3 is 9.84 Å². The summed E-state index contributed by atoms with van der Waals surface area (Å²) in [5.74, 6) is -1.01. The summed E-state index contributed by atoms with van der Waals surface area (Å²) in [6.45, 7) is 3.23. The number of carbonyl (C=O) groups is 1. The maximum Gasteiger partial charge on any atom is 0.304 e. The van der Waals surface area contributed by atoms with Gasteiger partial charge in [-0.05, 0) is 19.8 Å². The van der Waals surface area contributed by atoms with E-state index in [0.29, 0.717) is 19.7 Å². The van der Waals surface area contributed by atoms with Crippen molar-refractivity contribution in [3.63, 3.8) is 0 Å². The molecule has 0 aromatic carbocycles. The Morgan fingerprint density at radius 3 is 2.79 bits per heavy atom. The van der Waals surface area contributed by atoms with Crippen molar-refractivity contribution >= 4 is 16.2 Å². The number of carboxylic acid groups (broad SMARTS) is 1. The second-order valence-corrected chi connectivity index (χ2v) is 6.59. The second kappa shape index (κ2) is 7.18. The molecule has 1 unspecified atom stereocenters. The second-order valence-electron chi connectivity index (χ2n) is 4.55. The van der Waals surface area contributed by atoms with Gasteiger partial charge in [-0.3, -0.25) is 4.79 Å². The van der Waals surface area contributed by atoms with Gasteiger partial charge >= 0.3 is 5.97 Å². The molecule has 0 aliphatic carbocycles. The molecule has 1 N–H and O–H groups in total. The molecule has 1 atom stereocenters. The molecule has 19 heavy (non-hydrogen) atoms. The summed E-state index contributed by atoms with van der Waals surface area (Å²) in [4.78, 5) is 10.5. The van der Waals surface area contributed by atoms with Crippen molar-refractivity contribution in [1.82, 2.24) is 8.61 Å². The van der Waals surface area contributed by atoms with E-state index < -0.39 is 16.2 Å². The van der Waals surface area contributed by atoms with E-state index in [1.54, 1.807) is 0 Å². The number of nitrogens with zero attached hydrogens (tertiary/aromatic N) is 2. The topological polar surface area (TPSA) is 87.2 Å². The molecule has 0 radical (unpaired) electrons. The molecule has 1 aliphatic rings. The Labute approximate surface area is 114 Å². The van der Waals surface area contributed by atoms with Gasteiger partial charge in [0.1, 0.15) is 0 Å². The van der Waals surface area contributed by atoms with Gasteiger partial charge in [0.15, 0.2) is 0 Å². The third kappa shape index (κ3) is 4.72. The van der Waals surface area contributed by atoms with E-state index in [1.165, 1.54) is 11.4 Å². The van der Waals surface area contributed by atoms with Gasteiger partial charge in [0.05, 0.1) is 12.5 Å². The van der Waals surface area contributed by atoms with Crippen LogP contribution in [-0.2, 0) is 19.7 Å². The van der Waals surface area contributed by atoms with Crippen LogP contribution in [0.5, 0.6) is 0 Å². The minimum absolute atomic E-state index is 0.0204. The van der Waals surface area contributed by atoms with E-state index in [2.05, 4.69) is 0 Å². The number of rotatable bonds is 7. The molecule has 1 fully saturated rings. The van der Waals surface area contributed by atoms with Crippen LogP contribution in [0.1, 0.15) is 26.2 Å². The Morgan fingerprint density at radius 1 is 1.53 bits per heavy atom. The molecule has 0 aromatic heterocycles. The zero-order valence-electron chi connectivity index (χ0n) is 11.4. The molecule has 0 spiro atoms.